The fraction of sp³-hybridized carbons (Fsp3) is 0.371. The molecule has 10 nitrogen and oxygen atoms in total. The molecule has 1 aromatic heterocycles. The standard InChI is InChI=1S/C35H37F3N6O4/c1-22-5-4-6-25(17-22)44-33(39)35(21-40-44,48-30-8-3-2-7-26(30)36)32(45)28-18-23-19-31(47-34(37)38)29(20-27(23)41-28)43-11-9-24(10-12-43)42-13-15-46-16-14-42/h2-8,17-21,24,33-34,41H,9-16,39H2,1H3. The molecule has 13 heteroatoms. The summed E-state index contributed by atoms with van der Waals surface area (Å²) in [6.07, 6.45) is 1.84. The molecule has 2 fully saturated rings. The number of nitrogens with zero attached hydrogens (tertiary/aromatic N) is 4. The van der Waals surface area contributed by atoms with Gasteiger partial charge < -0.3 is 29.8 Å². The van der Waals surface area contributed by atoms with Crippen molar-refractivity contribution in [1.82, 2.24) is 9.88 Å². The van der Waals surface area contributed by atoms with Crippen LogP contribution in [0.15, 0.2) is 71.8 Å². The van der Waals surface area contributed by atoms with E-state index < -0.39 is 30.0 Å². The summed E-state index contributed by atoms with van der Waals surface area (Å²) in [4.78, 5) is 22.1. The number of para-hydroxylation sites is 1. The number of nitrogens with one attached hydrogen (secondary N) is 1. The number of halogens is 3. The summed E-state index contributed by atoms with van der Waals surface area (Å²) in [6, 6.07) is 18.3. The summed E-state index contributed by atoms with van der Waals surface area (Å²) < 4.78 is 58.9. The number of alkyl halides is 2. The highest BCUT2D eigenvalue weighted by molar-refractivity contribution is 6.16. The molecule has 2 atom stereocenters. The fourth-order valence-corrected chi connectivity index (χ4v) is 6.84. The van der Waals surface area contributed by atoms with E-state index in [4.69, 9.17) is 19.9 Å². The number of aryl methyl sites for hydroxylation is 1. The van der Waals surface area contributed by atoms with Gasteiger partial charge in [0.05, 0.1) is 36.5 Å². The van der Waals surface area contributed by atoms with Crippen molar-refractivity contribution in [1.29, 1.82) is 0 Å². The topological polar surface area (TPSA) is 109 Å². The van der Waals surface area contributed by atoms with Crippen molar-refractivity contribution >= 4 is 34.3 Å². The van der Waals surface area contributed by atoms with Gasteiger partial charge in [0.15, 0.2) is 17.7 Å². The molecular weight excluding hydrogens is 625 g/mol. The van der Waals surface area contributed by atoms with Crippen LogP contribution in [0.4, 0.5) is 24.5 Å². The molecule has 7 rings (SSSR count). The first kappa shape index (κ1) is 32.0. The van der Waals surface area contributed by atoms with Crippen LogP contribution in [0.2, 0.25) is 0 Å². The number of nitrogens with two attached hydrogens (primary N) is 1. The van der Waals surface area contributed by atoms with Crippen molar-refractivity contribution in [3.63, 3.8) is 0 Å². The number of benzene rings is 3. The molecule has 0 radical (unpaired) electrons. The van der Waals surface area contributed by atoms with Gasteiger partial charge in [-0.3, -0.25) is 9.69 Å². The van der Waals surface area contributed by atoms with Crippen LogP contribution in [0.3, 0.4) is 0 Å². The van der Waals surface area contributed by atoms with Gasteiger partial charge in [-0.25, -0.2) is 9.40 Å². The molecule has 2 saturated heterocycles. The molecule has 48 heavy (non-hydrogen) atoms. The van der Waals surface area contributed by atoms with Crippen molar-refractivity contribution in [3.05, 3.63) is 83.8 Å². The normalized spacial score (nSPS) is 22.2. The number of carbonyl (C=O) groups is 1. The molecule has 0 aliphatic carbocycles. The lowest BCUT2D eigenvalue weighted by molar-refractivity contribution is -0.0494. The maximum Gasteiger partial charge on any atom is 0.387 e. The number of anilines is 2. The minimum atomic E-state index is -3.04. The van der Waals surface area contributed by atoms with Crippen LogP contribution < -0.4 is 25.1 Å². The SMILES string of the molecule is Cc1cccc(N2N=CC(Oc3ccccc3F)(C(=O)c3cc4cc(OC(F)F)c(N5CCC(N6CCOCC6)CC5)cc4[nH]3)C2N)c1. The third-order valence-corrected chi connectivity index (χ3v) is 9.34. The summed E-state index contributed by atoms with van der Waals surface area (Å²) in [6.45, 7) is 3.38. The van der Waals surface area contributed by atoms with E-state index in [0.29, 0.717) is 54.6 Å². The second kappa shape index (κ2) is 13.1. The van der Waals surface area contributed by atoms with Crippen molar-refractivity contribution in [3.8, 4) is 11.5 Å². The lowest BCUT2D eigenvalue weighted by Gasteiger charge is -2.41. The molecular formula is C35H37F3N6O4. The third kappa shape index (κ3) is 6.09. The maximum absolute atomic E-state index is 14.9. The number of aromatic amines is 1. The molecule has 4 aromatic rings. The van der Waals surface area contributed by atoms with Gasteiger partial charge in [-0.15, -0.1) is 0 Å². The minimum Gasteiger partial charge on any atom is -0.466 e. The van der Waals surface area contributed by atoms with E-state index in [-0.39, 0.29) is 17.2 Å². The number of ketones is 1. The number of hydrazone groups is 1. The first-order chi connectivity index (χ1) is 23.2. The van der Waals surface area contributed by atoms with Crippen molar-refractivity contribution in [2.75, 3.05) is 49.3 Å². The quantitative estimate of drug-likeness (QED) is 0.232. The lowest BCUT2D eigenvalue weighted by atomic mass is 9.93. The molecule has 252 valence electrons. The second-order valence-electron chi connectivity index (χ2n) is 12.4. The predicted octanol–water partition coefficient (Wildman–Crippen LogP) is 5.31. The number of rotatable bonds is 9. The molecule has 0 saturated carbocycles. The molecule has 0 bridgehead atoms. The zero-order valence-corrected chi connectivity index (χ0v) is 26.5. The number of ether oxygens (including phenoxy) is 3. The van der Waals surface area contributed by atoms with Crippen molar-refractivity contribution < 1.29 is 32.2 Å². The Morgan fingerprint density at radius 2 is 1.79 bits per heavy atom. The van der Waals surface area contributed by atoms with Crippen LogP contribution in [-0.4, -0.2) is 85.7 Å². The van der Waals surface area contributed by atoms with E-state index in [9.17, 15) is 18.0 Å². The summed E-state index contributed by atoms with van der Waals surface area (Å²) in [5.41, 5.74) is 7.49. The first-order valence-corrected chi connectivity index (χ1v) is 16.0. The molecule has 0 spiro atoms. The van der Waals surface area contributed by atoms with Crippen LogP contribution in [0.25, 0.3) is 10.9 Å². The Hall–Kier alpha value is -4.59. The summed E-state index contributed by atoms with van der Waals surface area (Å²) in [5, 5.41) is 6.38. The number of fused-ring (bicyclic) bond motifs is 1. The number of Topliss-reactive ketones (excluding diaryl/α,β-unsaturated/α-hetero) is 1. The Labute approximate surface area is 275 Å². The van der Waals surface area contributed by atoms with E-state index in [1.54, 1.807) is 18.2 Å². The van der Waals surface area contributed by atoms with E-state index in [1.807, 2.05) is 30.0 Å². The van der Waals surface area contributed by atoms with Gasteiger partial charge in [0.2, 0.25) is 11.4 Å². The first-order valence-electron chi connectivity index (χ1n) is 16.0. The van der Waals surface area contributed by atoms with Gasteiger partial charge in [-0.2, -0.15) is 13.9 Å². The van der Waals surface area contributed by atoms with E-state index in [2.05, 4.69) is 15.0 Å². The third-order valence-electron chi connectivity index (χ3n) is 9.34. The van der Waals surface area contributed by atoms with Crippen LogP contribution in [0.5, 0.6) is 11.5 Å². The molecule has 3 N–H and O–H groups in total. The highest BCUT2D eigenvalue weighted by Gasteiger charge is 2.53. The number of hydrogen-bond donors (Lipinski definition) is 2. The number of piperidine rings is 1. The molecule has 3 aliphatic rings. The highest BCUT2D eigenvalue weighted by Crippen LogP contribution is 2.39. The number of hydrogen-bond acceptors (Lipinski definition) is 9. The summed E-state index contributed by atoms with van der Waals surface area (Å²) >= 11 is 0. The van der Waals surface area contributed by atoms with Crippen molar-refractivity contribution in [2.45, 2.75) is 44.2 Å². The smallest absolute Gasteiger partial charge is 0.387 e. The largest absolute Gasteiger partial charge is 0.466 e. The molecule has 2 unspecified atom stereocenters. The van der Waals surface area contributed by atoms with Gasteiger partial charge in [0.1, 0.15) is 5.75 Å². The average molecular weight is 663 g/mol. The number of morpholine rings is 1. The van der Waals surface area contributed by atoms with E-state index in [0.717, 1.165) is 31.5 Å². The van der Waals surface area contributed by atoms with Gasteiger partial charge in [0, 0.05) is 43.1 Å². The van der Waals surface area contributed by atoms with Crippen molar-refractivity contribution in [2.24, 2.45) is 10.8 Å². The Bertz CT molecular complexity index is 1820. The summed E-state index contributed by atoms with van der Waals surface area (Å²) in [7, 11) is 0. The van der Waals surface area contributed by atoms with Gasteiger partial charge in [0.25, 0.3) is 0 Å². The second-order valence-corrected chi connectivity index (χ2v) is 12.4. The predicted molar refractivity (Wildman–Crippen MR) is 177 cm³/mol. The number of carbonyl (C=O) groups excluding carboxylic acids is 1. The minimum absolute atomic E-state index is 0.0161. The van der Waals surface area contributed by atoms with Gasteiger partial charge >= 0.3 is 6.61 Å². The van der Waals surface area contributed by atoms with E-state index in [1.165, 1.54) is 41.6 Å². The Balaban J connectivity index is 1.22. The summed E-state index contributed by atoms with van der Waals surface area (Å²) in [5.74, 6) is -1.45. The Kier molecular flexibility index (Phi) is 8.75. The average Bonchev–Trinajstić information content (AvgIpc) is 3.66. The lowest BCUT2D eigenvalue weighted by Crippen LogP contribution is -2.61. The monoisotopic (exact) mass is 662 g/mol. The molecule has 0 amide bonds. The molecule has 3 aliphatic heterocycles. The van der Waals surface area contributed by atoms with Gasteiger partial charge in [-0.1, -0.05) is 24.3 Å². The zero-order chi connectivity index (χ0) is 33.4. The van der Waals surface area contributed by atoms with E-state index >= 15 is 0 Å². The maximum atomic E-state index is 14.9. The highest BCUT2D eigenvalue weighted by atomic mass is 19.3. The Morgan fingerprint density at radius 1 is 1.02 bits per heavy atom. The Morgan fingerprint density at radius 3 is 2.52 bits per heavy atom. The number of H-pyrrole nitrogens is 1. The van der Waals surface area contributed by atoms with Crippen LogP contribution in [0.1, 0.15) is 28.9 Å². The number of aromatic nitrogens is 1. The van der Waals surface area contributed by atoms with Gasteiger partial charge in [-0.05, 0) is 67.8 Å². The van der Waals surface area contributed by atoms with Crippen LogP contribution in [-0.2, 0) is 4.74 Å². The van der Waals surface area contributed by atoms with Crippen LogP contribution in [0, 0.1) is 12.7 Å². The molecule has 3 aromatic carbocycles. The van der Waals surface area contributed by atoms with Crippen LogP contribution >= 0.6 is 0 Å². The zero-order valence-electron chi connectivity index (χ0n) is 26.5. The fourth-order valence-electron chi connectivity index (χ4n) is 6.84. The molecule has 4 heterocycles.